The van der Waals surface area contributed by atoms with Gasteiger partial charge in [-0.1, -0.05) is 82.4 Å². The van der Waals surface area contributed by atoms with Crippen molar-refractivity contribution in [2.24, 2.45) is 0 Å². The van der Waals surface area contributed by atoms with Gasteiger partial charge in [-0.05, 0) is 59.7 Å². The lowest BCUT2D eigenvalue weighted by Crippen LogP contribution is -2.48. The molecule has 2 heterocycles. The Morgan fingerprint density at radius 1 is 0.585 bits per heavy atom. The van der Waals surface area contributed by atoms with Gasteiger partial charge in [0, 0.05) is 98.8 Å². The number of rotatable bonds is 16. The molecule has 0 unspecified atom stereocenters. The molecule has 4 aromatic carbocycles. The van der Waals surface area contributed by atoms with Crippen LogP contribution in [0.5, 0.6) is 0 Å². The molecule has 0 saturated carbocycles. The molecule has 2 aliphatic heterocycles. The van der Waals surface area contributed by atoms with E-state index in [1.807, 2.05) is 9.80 Å². The fourth-order valence-electron chi connectivity index (χ4n) is 7.47. The molecule has 0 radical (unpaired) electrons. The second kappa shape index (κ2) is 22.1. The van der Waals surface area contributed by atoms with Gasteiger partial charge in [0.1, 0.15) is 0 Å². The van der Waals surface area contributed by atoms with E-state index in [1.165, 1.54) is 72.8 Å². The zero-order valence-electron chi connectivity index (χ0n) is 34.3. The lowest BCUT2D eigenvalue weighted by atomic mass is 9.97. The third kappa shape index (κ3) is 12.4. The van der Waals surface area contributed by atoms with Crippen LogP contribution < -0.4 is 0 Å². The van der Waals surface area contributed by atoms with Crippen LogP contribution in [-0.2, 0) is 19.2 Å². The Kier molecular flexibility index (Phi) is 16.6. The number of nitro groups is 2. The Hall–Kier alpha value is -5.53. The molecule has 2 amide bonds. The predicted molar refractivity (Wildman–Crippen MR) is 250 cm³/mol. The van der Waals surface area contributed by atoms with Crippen LogP contribution in [0.2, 0.25) is 20.1 Å². The average Bonchev–Trinajstić information content (AvgIpc) is 3.26. The van der Waals surface area contributed by atoms with Crippen molar-refractivity contribution in [3.05, 3.63) is 124 Å². The largest absolute Gasteiger partial charge is 0.481 e. The minimum absolute atomic E-state index is 0.00537. The van der Waals surface area contributed by atoms with Crippen LogP contribution >= 0.6 is 58.2 Å². The number of carboxylic acids is 2. The van der Waals surface area contributed by atoms with Crippen LogP contribution in [-0.4, -0.2) is 129 Å². The Morgan fingerprint density at radius 2 is 0.954 bits per heavy atom. The van der Waals surface area contributed by atoms with E-state index in [1.54, 1.807) is 21.9 Å². The summed E-state index contributed by atoms with van der Waals surface area (Å²) >= 11 is 26.6. The summed E-state index contributed by atoms with van der Waals surface area (Å²) in [7, 11) is 0. The summed E-state index contributed by atoms with van der Waals surface area (Å²) in [5, 5.41) is 45.1. The van der Waals surface area contributed by atoms with Crippen LogP contribution in [0.25, 0.3) is 34.4 Å². The number of nitrogens with zero attached hydrogens (tertiary/aromatic N) is 6. The normalized spacial score (nSPS) is 14.9. The van der Waals surface area contributed by atoms with Crippen molar-refractivity contribution in [3.63, 3.8) is 0 Å². The number of hydrogen-bond donors (Lipinski definition) is 2. The van der Waals surface area contributed by atoms with E-state index in [4.69, 9.17) is 56.6 Å². The summed E-state index contributed by atoms with van der Waals surface area (Å²) in [6, 6.07) is 14.8. The zero-order valence-corrected chi connectivity index (χ0v) is 38.2. The van der Waals surface area contributed by atoms with Crippen LogP contribution in [0.4, 0.5) is 11.4 Å². The van der Waals surface area contributed by atoms with Gasteiger partial charge in [-0.2, -0.15) is 0 Å². The first-order chi connectivity index (χ1) is 31.0. The molecule has 0 aromatic heterocycles. The van der Waals surface area contributed by atoms with Gasteiger partial charge in [0.25, 0.3) is 11.4 Å². The molecule has 65 heavy (non-hydrogen) atoms. The Morgan fingerprint density at radius 3 is 1.28 bits per heavy atom. The standard InChI is InChI=1S/C44H40Cl4N6O10S/c45-29-5-7-31(33(47)25-29)41-27(3-11-37(55)51-21-17-49(18-22-51)15-13-39(57)58)1-9-35(43(41)53(61)62)65-36-10-2-28(42(44(36)54(63)64)32-8-6-30(46)26-34(32)48)4-12-38(56)52-23-19-50(20-24-52)16-14-40(59)60/h1-12,25-26H,13-24H2,(H,57,58)(H,59,60)/b11-3+,12-4+. The lowest BCUT2D eigenvalue weighted by molar-refractivity contribution is -0.387. The van der Waals surface area contributed by atoms with Gasteiger partial charge in [-0.15, -0.1) is 0 Å². The Labute approximate surface area is 396 Å². The highest BCUT2D eigenvalue weighted by Gasteiger charge is 2.31. The highest BCUT2D eigenvalue weighted by molar-refractivity contribution is 7.99. The maximum absolute atomic E-state index is 13.4. The van der Waals surface area contributed by atoms with Crippen LogP contribution in [0.15, 0.2) is 82.6 Å². The van der Waals surface area contributed by atoms with Gasteiger partial charge in [0.05, 0.1) is 53.7 Å². The van der Waals surface area contributed by atoms with Gasteiger partial charge < -0.3 is 20.0 Å². The smallest absolute Gasteiger partial charge is 0.304 e. The molecule has 0 atom stereocenters. The molecule has 4 aromatic rings. The van der Waals surface area contributed by atoms with Crippen molar-refractivity contribution in [2.75, 3.05) is 65.4 Å². The molecule has 2 N–H and O–H groups in total. The van der Waals surface area contributed by atoms with Crippen molar-refractivity contribution in [1.82, 2.24) is 19.6 Å². The summed E-state index contributed by atoms with van der Waals surface area (Å²) in [6.07, 6.45) is 5.41. The molecule has 0 bridgehead atoms. The van der Waals surface area contributed by atoms with E-state index < -0.39 is 33.2 Å². The Bertz CT molecular complexity index is 2420. The quantitative estimate of drug-likeness (QED) is 0.0612. The van der Waals surface area contributed by atoms with Gasteiger partial charge in [-0.25, -0.2) is 0 Å². The minimum atomic E-state index is -0.914. The molecular weight excluding hydrogens is 946 g/mol. The number of carbonyl (C=O) groups is 4. The molecule has 0 spiro atoms. The number of benzene rings is 4. The van der Waals surface area contributed by atoms with Gasteiger partial charge in [-0.3, -0.25) is 49.2 Å². The van der Waals surface area contributed by atoms with E-state index in [9.17, 15) is 39.4 Å². The molecule has 340 valence electrons. The van der Waals surface area contributed by atoms with Crippen molar-refractivity contribution in [3.8, 4) is 22.3 Å². The molecule has 21 heteroatoms. The van der Waals surface area contributed by atoms with Crippen LogP contribution in [0.1, 0.15) is 24.0 Å². The number of amides is 2. The summed E-state index contributed by atoms with van der Waals surface area (Å²) in [6.45, 7) is 3.97. The number of carboxylic acid groups (broad SMARTS) is 2. The van der Waals surface area contributed by atoms with Crippen LogP contribution in [0.3, 0.4) is 0 Å². The second-order valence-electron chi connectivity index (χ2n) is 14.9. The summed E-state index contributed by atoms with van der Waals surface area (Å²) in [5.41, 5.74) is 0.0287. The number of hydrogen-bond acceptors (Lipinski definition) is 11. The summed E-state index contributed by atoms with van der Waals surface area (Å²) in [5.74, 6) is -2.56. The molecule has 6 rings (SSSR count). The predicted octanol–water partition coefficient (Wildman–Crippen LogP) is 8.87. The van der Waals surface area contributed by atoms with Crippen molar-refractivity contribution in [2.45, 2.75) is 22.6 Å². The van der Waals surface area contributed by atoms with Gasteiger partial charge in [0.15, 0.2) is 0 Å². The molecular formula is C44H40Cl4N6O10S. The number of nitro benzene ring substituents is 2. The van der Waals surface area contributed by atoms with Crippen molar-refractivity contribution in [1.29, 1.82) is 0 Å². The van der Waals surface area contributed by atoms with E-state index in [0.29, 0.717) is 65.4 Å². The fraction of sp³-hybridized carbons (Fsp3) is 0.273. The van der Waals surface area contributed by atoms with Crippen molar-refractivity contribution >= 4 is 105 Å². The average molecular weight is 987 g/mol. The maximum atomic E-state index is 13.4. The zero-order chi connectivity index (χ0) is 46.9. The fourth-order valence-corrected chi connectivity index (χ4v) is 9.54. The van der Waals surface area contributed by atoms with E-state index in [-0.39, 0.29) is 87.9 Å². The second-order valence-corrected chi connectivity index (χ2v) is 17.7. The monoisotopic (exact) mass is 984 g/mol. The van der Waals surface area contributed by atoms with Crippen molar-refractivity contribution < 1.29 is 39.2 Å². The molecule has 2 aliphatic rings. The topological polar surface area (TPSA) is 208 Å². The number of piperazine rings is 2. The maximum Gasteiger partial charge on any atom is 0.304 e. The Balaban J connectivity index is 1.39. The summed E-state index contributed by atoms with van der Waals surface area (Å²) < 4.78 is 0. The van der Waals surface area contributed by atoms with E-state index in [2.05, 4.69) is 0 Å². The lowest BCUT2D eigenvalue weighted by Gasteiger charge is -2.33. The van der Waals surface area contributed by atoms with Gasteiger partial charge >= 0.3 is 11.9 Å². The highest BCUT2D eigenvalue weighted by Crippen LogP contribution is 2.50. The van der Waals surface area contributed by atoms with Gasteiger partial charge in [0.2, 0.25) is 11.8 Å². The van der Waals surface area contributed by atoms with E-state index in [0.717, 1.165) is 11.8 Å². The van der Waals surface area contributed by atoms with E-state index >= 15 is 0 Å². The third-order valence-electron chi connectivity index (χ3n) is 10.8. The molecule has 16 nitrogen and oxygen atoms in total. The first-order valence-electron chi connectivity index (χ1n) is 20.0. The SMILES string of the molecule is O=C(O)CCN1CCN(C(=O)/C=C/c2ccc(Sc3ccc(/C=C/C(=O)N4CCN(CCC(=O)O)CC4)c(-c4ccc(Cl)cc4Cl)c3[N+](=O)[O-])c([N+](=O)[O-])c2-c2ccc(Cl)cc2Cl)CC1. The number of carbonyl (C=O) groups excluding carboxylic acids is 2. The summed E-state index contributed by atoms with van der Waals surface area (Å²) in [4.78, 5) is 81.0. The number of aliphatic carboxylic acids is 2. The first-order valence-corrected chi connectivity index (χ1v) is 22.4. The van der Waals surface area contributed by atoms with Crippen LogP contribution in [0, 0.1) is 20.2 Å². The third-order valence-corrected chi connectivity index (χ3v) is 13.0. The molecule has 2 saturated heterocycles. The number of halogens is 4. The highest BCUT2D eigenvalue weighted by atomic mass is 35.5. The minimum Gasteiger partial charge on any atom is -0.481 e. The molecule has 0 aliphatic carbocycles. The first kappa shape index (κ1) is 48.9. The molecule has 2 fully saturated rings.